The number of carbonyl (C=O) groups is 1. The Morgan fingerprint density at radius 3 is 1.63 bits per heavy atom. The maximum absolute atomic E-state index is 11.0. The predicted molar refractivity (Wildman–Crippen MR) is 72.7 cm³/mol. The van der Waals surface area contributed by atoms with E-state index in [1.165, 1.54) is 0 Å². The second-order valence-electron chi connectivity index (χ2n) is 3.65. The molecule has 0 aliphatic carbocycles. The summed E-state index contributed by atoms with van der Waals surface area (Å²) >= 11 is 0. The van der Waals surface area contributed by atoms with Gasteiger partial charge in [0.25, 0.3) is 0 Å². The Hall–Kier alpha value is 0.00234. The summed E-state index contributed by atoms with van der Waals surface area (Å²) in [5, 5.41) is 11.2. The third-order valence-corrected chi connectivity index (χ3v) is 4.86. The summed E-state index contributed by atoms with van der Waals surface area (Å²) in [7, 11) is -0.790. The molecule has 19 heavy (non-hydrogen) atoms. The fourth-order valence-corrected chi connectivity index (χ4v) is 3.68. The topological polar surface area (TPSA) is 37.3 Å². The molecule has 1 N–H and O–H groups in total. The van der Waals surface area contributed by atoms with E-state index in [0.717, 1.165) is 10.6 Å². The van der Waals surface area contributed by atoms with Crippen LogP contribution in [0.15, 0.2) is 60.7 Å². The Morgan fingerprint density at radius 1 is 0.947 bits per heavy atom. The van der Waals surface area contributed by atoms with Gasteiger partial charge in [-0.2, -0.15) is 0 Å². The van der Waals surface area contributed by atoms with Gasteiger partial charge in [-0.25, -0.2) is 0 Å². The summed E-state index contributed by atoms with van der Waals surface area (Å²) in [4.78, 5) is 11.0. The van der Waals surface area contributed by atoms with Gasteiger partial charge in [0, 0.05) is 20.4 Å². The number of rotatable bonds is 4. The predicted octanol–water partition coefficient (Wildman–Crippen LogP) is -0.682. The van der Waals surface area contributed by atoms with E-state index in [9.17, 15) is 4.79 Å². The van der Waals surface area contributed by atoms with Crippen molar-refractivity contribution in [3.8, 4) is 0 Å². The van der Waals surface area contributed by atoms with Gasteiger partial charge in [0.1, 0.15) is 0 Å². The monoisotopic (exact) mass is 374 g/mol. The Labute approximate surface area is 151 Å². The van der Waals surface area contributed by atoms with Crippen LogP contribution in [0.1, 0.15) is 1.43 Å². The van der Waals surface area contributed by atoms with Gasteiger partial charge >= 0.3 is 35.5 Å². The molecule has 0 amide bonds. The molecule has 0 saturated carbocycles. The number of benzene rings is 2. The Balaban J connectivity index is 0. The first-order valence-electron chi connectivity index (χ1n) is 5.37. The molecule has 0 bridgehead atoms. The standard InChI is InChI=1S/C14H13O2P.Na.Pd.H/c15-14(16)11-17(12-7-3-1-4-8-12)13-9-5-2-6-10-13;;;/h1-10H,11H2,(H,15,16);;;/q;+1;;-1. The molecular weight excluding hydrogens is 361 g/mol. The largest absolute Gasteiger partial charge is 1.00 e. The van der Waals surface area contributed by atoms with Gasteiger partial charge in [-0.3, -0.25) is 4.79 Å². The molecule has 2 aromatic carbocycles. The summed E-state index contributed by atoms with van der Waals surface area (Å²) in [5.41, 5.74) is 0. The molecule has 2 rings (SSSR count). The zero-order valence-electron chi connectivity index (χ0n) is 11.6. The number of hydrogen-bond acceptors (Lipinski definition) is 1. The van der Waals surface area contributed by atoms with Crippen LogP contribution in [0.3, 0.4) is 0 Å². The van der Waals surface area contributed by atoms with Crippen LogP contribution in [-0.4, -0.2) is 17.2 Å². The average molecular weight is 375 g/mol. The van der Waals surface area contributed by atoms with Crippen LogP contribution in [0.5, 0.6) is 0 Å². The Morgan fingerprint density at radius 2 is 1.32 bits per heavy atom. The van der Waals surface area contributed by atoms with Crippen molar-refractivity contribution in [1.29, 1.82) is 0 Å². The number of hydrogen-bond donors (Lipinski definition) is 1. The van der Waals surface area contributed by atoms with Gasteiger partial charge in [-0.05, 0) is 18.5 Å². The molecule has 0 saturated heterocycles. The maximum atomic E-state index is 11.0. The minimum Gasteiger partial charge on any atom is -1.00 e. The van der Waals surface area contributed by atoms with Crippen LogP contribution in [0.2, 0.25) is 0 Å². The molecule has 0 unspecified atom stereocenters. The van der Waals surface area contributed by atoms with Crippen molar-refractivity contribution in [2.75, 3.05) is 6.16 Å². The summed E-state index contributed by atoms with van der Waals surface area (Å²) in [6.45, 7) is 0. The quantitative estimate of drug-likeness (QED) is 0.569. The average Bonchev–Trinajstić information content (AvgIpc) is 2.38. The molecule has 0 atom stereocenters. The first-order valence-corrected chi connectivity index (χ1v) is 6.89. The minimum atomic E-state index is -0.790. The number of carboxylic acids is 1. The first-order chi connectivity index (χ1) is 8.27. The summed E-state index contributed by atoms with van der Waals surface area (Å²) in [6.07, 6.45) is 0.184. The van der Waals surface area contributed by atoms with Gasteiger partial charge in [-0.15, -0.1) is 0 Å². The second kappa shape index (κ2) is 9.84. The molecule has 0 aliphatic rings. The molecule has 98 valence electrons. The van der Waals surface area contributed by atoms with E-state index in [0.29, 0.717) is 0 Å². The molecule has 0 radical (unpaired) electrons. The van der Waals surface area contributed by atoms with Crippen LogP contribution >= 0.6 is 7.92 Å². The van der Waals surface area contributed by atoms with Gasteiger partial charge in [-0.1, -0.05) is 60.7 Å². The molecule has 0 heterocycles. The third kappa shape index (κ3) is 5.88. The van der Waals surface area contributed by atoms with E-state index >= 15 is 0 Å². The van der Waals surface area contributed by atoms with Crippen molar-refractivity contribution < 1.29 is 61.3 Å². The molecule has 0 fully saturated rings. The molecule has 2 aromatic rings. The van der Waals surface area contributed by atoms with E-state index in [1.54, 1.807) is 0 Å². The Bertz CT molecular complexity index is 460. The van der Waals surface area contributed by atoms with Crippen molar-refractivity contribution in [2.24, 2.45) is 0 Å². The molecule has 0 aliphatic heterocycles. The van der Waals surface area contributed by atoms with Crippen molar-refractivity contribution in [2.45, 2.75) is 0 Å². The summed E-state index contributed by atoms with van der Waals surface area (Å²) in [6, 6.07) is 19.7. The summed E-state index contributed by atoms with van der Waals surface area (Å²) < 4.78 is 0. The van der Waals surface area contributed by atoms with Crippen LogP contribution in [0, 0.1) is 0 Å². The Kier molecular flexibility index (Phi) is 9.84. The zero-order valence-corrected chi connectivity index (χ0v) is 15.0. The van der Waals surface area contributed by atoms with Crippen LogP contribution < -0.4 is 40.2 Å². The van der Waals surface area contributed by atoms with E-state index in [4.69, 9.17) is 5.11 Å². The maximum Gasteiger partial charge on any atom is 1.00 e. The van der Waals surface area contributed by atoms with Crippen LogP contribution in [0.25, 0.3) is 0 Å². The van der Waals surface area contributed by atoms with Crippen molar-refractivity contribution in [3.05, 3.63) is 60.7 Å². The van der Waals surface area contributed by atoms with Crippen molar-refractivity contribution in [3.63, 3.8) is 0 Å². The van der Waals surface area contributed by atoms with Crippen molar-refractivity contribution in [1.82, 2.24) is 0 Å². The molecule has 0 spiro atoms. The first kappa shape index (κ1) is 19.0. The number of aliphatic carboxylic acids is 1. The smallest absolute Gasteiger partial charge is 1.00 e. The molecule has 2 nitrogen and oxygen atoms in total. The summed E-state index contributed by atoms with van der Waals surface area (Å²) in [5.74, 6) is -0.746. The van der Waals surface area contributed by atoms with Gasteiger partial charge < -0.3 is 6.53 Å². The van der Waals surface area contributed by atoms with E-state index in [2.05, 4.69) is 0 Å². The second-order valence-corrected chi connectivity index (χ2v) is 5.86. The van der Waals surface area contributed by atoms with E-state index in [-0.39, 0.29) is 57.6 Å². The fourth-order valence-electron chi connectivity index (χ4n) is 1.68. The van der Waals surface area contributed by atoms with Gasteiger partial charge in [0.05, 0.1) is 6.16 Å². The van der Waals surface area contributed by atoms with Crippen molar-refractivity contribution >= 4 is 24.5 Å². The van der Waals surface area contributed by atoms with Crippen LogP contribution in [0.4, 0.5) is 0 Å². The molecular formula is C14H14NaO2PPd. The third-order valence-electron chi connectivity index (χ3n) is 2.43. The normalized spacial score (nSPS) is 9.32. The molecule has 5 heteroatoms. The SMILES string of the molecule is O=C(O)CP(c1ccccc1)c1ccccc1.[H-].[Na+].[Pd]. The number of carboxylic acid groups (broad SMARTS) is 1. The minimum absolute atomic E-state index is 0. The van der Waals surface area contributed by atoms with Gasteiger partial charge in [0.15, 0.2) is 0 Å². The van der Waals surface area contributed by atoms with E-state index < -0.39 is 13.9 Å². The van der Waals surface area contributed by atoms with E-state index in [1.807, 2.05) is 60.7 Å². The van der Waals surface area contributed by atoms with Crippen LogP contribution in [-0.2, 0) is 25.2 Å². The fraction of sp³-hybridized carbons (Fsp3) is 0.0714. The molecule has 0 aromatic heterocycles. The zero-order chi connectivity index (χ0) is 12.1. The van der Waals surface area contributed by atoms with Gasteiger partial charge in [0.2, 0.25) is 0 Å².